The molecule has 0 saturated carbocycles. The Bertz CT molecular complexity index is 760. The van der Waals surface area contributed by atoms with Crippen molar-refractivity contribution in [2.24, 2.45) is 7.05 Å². The highest BCUT2D eigenvalue weighted by atomic mass is 16.5. The van der Waals surface area contributed by atoms with E-state index in [2.05, 4.69) is 21.5 Å². The third-order valence-corrected chi connectivity index (χ3v) is 5.42. The molecule has 2 atom stereocenters. The van der Waals surface area contributed by atoms with Crippen LogP contribution in [0.4, 0.5) is 0 Å². The molecule has 0 bridgehead atoms. The fraction of sp³-hybridized carbons (Fsp3) is 0.500. The number of aromatic nitrogens is 2. The molecule has 1 spiro atoms. The standard InChI is InChI=1S/C20H26N4O2/c1-23-13-16(12-21-23)14-24-9-8-20(15-24)11-18(7-10-26-20)22-19(25)17-5-3-2-4-6-17/h2-6,12-13,18H,7-11,14-15H2,1H3,(H,22,25)/t18-,20+/m0/s1. The number of benzene rings is 1. The maximum Gasteiger partial charge on any atom is 0.251 e. The Kier molecular flexibility index (Phi) is 4.78. The Morgan fingerprint density at radius 3 is 3.00 bits per heavy atom. The van der Waals surface area contributed by atoms with Gasteiger partial charge in [-0.05, 0) is 31.4 Å². The maximum atomic E-state index is 12.5. The Balaban J connectivity index is 1.35. The van der Waals surface area contributed by atoms with Crippen LogP contribution in [0.5, 0.6) is 0 Å². The van der Waals surface area contributed by atoms with Crippen molar-refractivity contribution in [3.8, 4) is 0 Å². The molecule has 4 rings (SSSR count). The Hall–Kier alpha value is -2.18. The van der Waals surface area contributed by atoms with Crippen LogP contribution in [0.1, 0.15) is 35.2 Å². The molecule has 0 aliphatic carbocycles. The molecule has 1 aromatic heterocycles. The van der Waals surface area contributed by atoms with Crippen LogP contribution >= 0.6 is 0 Å². The molecule has 3 heterocycles. The number of carbonyl (C=O) groups excluding carboxylic acids is 1. The molecular weight excluding hydrogens is 328 g/mol. The van der Waals surface area contributed by atoms with Crippen molar-refractivity contribution in [1.82, 2.24) is 20.0 Å². The molecule has 1 amide bonds. The molecule has 1 aromatic carbocycles. The van der Waals surface area contributed by atoms with E-state index in [0.717, 1.165) is 44.5 Å². The van der Waals surface area contributed by atoms with Crippen LogP contribution < -0.4 is 5.32 Å². The zero-order valence-electron chi connectivity index (χ0n) is 15.2. The number of hydrogen-bond acceptors (Lipinski definition) is 4. The first-order valence-electron chi connectivity index (χ1n) is 9.32. The van der Waals surface area contributed by atoms with E-state index in [-0.39, 0.29) is 17.6 Å². The van der Waals surface area contributed by atoms with E-state index in [1.165, 1.54) is 5.56 Å². The number of hydrogen-bond donors (Lipinski definition) is 1. The number of nitrogens with one attached hydrogen (secondary N) is 1. The number of aryl methyl sites for hydroxylation is 1. The molecule has 0 radical (unpaired) electrons. The second-order valence-electron chi connectivity index (χ2n) is 7.54. The van der Waals surface area contributed by atoms with Crippen LogP contribution in [0.2, 0.25) is 0 Å². The summed E-state index contributed by atoms with van der Waals surface area (Å²) >= 11 is 0. The van der Waals surface area contributed by atoms with Gasteiger partial charge in [-0.25, -0.2) is 0 Å². The van der Waals surface area contributed by atoms with Gasteiger partial charge in [-0.2, -0.15) is 5.10 Å². The van der Waals surface area contributed by atoms with E-state index in [0.29, 0.717) is 6.61 Å². The lowest BCUT2D eigenvalue weighted by Crippen LogP contribution is -2.49. The monoisotopic (exact) mass is 354 g/mol. The average molecular weight is 354 g/mol. The van der Waals surface area contributed by atoms with Crippen LogP contribution in [0.15, 0.2) is 42.7 Å². The highest BCUT2D eigenvalue weighted by molar-refractivity contribution is 5.94. The summed E-state index contributed by atoms with van der Waals surface area (Å²) in [6.45, 7) is 3.55. The van der Waals surface area contributed by atoms with Gasteiger partial charge in [0.15, 0.2) is 0 Å². The van der Waals surface area contributed by atoms with Crippen LogP contribution in [0, 0.1) is 0 Å². The summed E-state index contributed by atoms with van der Waals surface area (Å²) in [5.41, 5.74) is 1.82. The highest BCUT2D eigenvalue weighted by Gasteiger charge is 2.43. The van der Waals surface area contributed by atoms with Crippen LogP contribution in [0.25, 0.3) is 0 Å². The fourth-order valence-corrected chi connectivity index (χ4v) is 4.17. The highest BCUT2D eigenvalue weighted by Crippen LogP contribution is 2.35. The number of carbonyl (C=O) groups is 1. The van der Waals surface area contributed by atoms with E-state index in [9.17, 15) is 4.79 Å². The summed E-state index contributed by atoms with van der Waals surface area (Å²) in [6.07, 6.45) is 6.77. The number of ether oxygens (including phenoxy) is 1. The molecule has 2 aliphatic heterocycles. The molecule has 6 heteroatoms. The fourth-order valence-electron chi connectivity index (χ4n) is 4.17. The normalized spacial score (nSPS) is 26.3. The van der Waals surface area contributed by atoms with Gasteiger partial charge in [0, 0.05) is 56.7 Å². The number of rotatable bonds is 4. The summed E-state index contributed by atoms with van der Waals surface area (Å²) in [4.78, 5) is 14.9. The van der Waals surface area contributed by atoms with E-state index in [1.54, 1.807) is 0 Å². The van der Waals surface area contributed by atoms with Gasteiger partial charge in [-0.1, -0.05) is 18.2 Å². The van der Waals surface area contributed by atoms with Crippen LogP contribution in [-0.4, -0.2) is 51.9 Å². The molecular formula is C20H26N4O2. The van der Waals surface area contributed by atoms with Crippen molar-refractivity contribution in [1.29, 1.82) is 0 Å². The molecule has 6 nitrogen and oxygen atoms in total. The van der Waals surface area contributed by atoms with E-state index in [4.69, 9.17) is 4.74 Å². The quantitative estimate of drug-likeness (QED) is 0.912. The first-order valence-corrected chi connectivity index (χ1v) is 9.32. The van der Waals surface area contributed by atoms with Crippen LogP contribution in [-0.2, 0) is 18.3 Å². The predicted octanol–water partition coefficient (Wildman–Crippen LogP) is 1.97. The summed E-state index contributed by atoms with van der Waals surface area (Å²) in [6, 6.07) is 9.61. The van der Waals surface area contributed by atoms with Gasteiger partial charge in [0.05, 0.1) is 11.8 Å². The van der Waals surface area contributed by atoms with Gasteiger partial charge in [0.25, 0.3) is 5.91 Å². The van der Waals surface area contributed by atoms with Gasteiger partial charge < -0.3 is 10.1 Å². The largest absolute Gasteiger partial charge is 0.373 e. The molecule has 2 fully saturated rings. The smallest absolute Gasteiger partial charge is 0.251 e. The minimum Gasteiger partial charge on any atom is -0.373 e. The second kappa shape index (κ2) is 7.21. The Labute approximate surface area is 154 Å². The zero-order valence-corrected chi connectivity index (χ0v) is 15.2. The van der Waals surface area contributed by atoms with Crippen molar-refractivity contribution in [2.75, 3.05) is 19.7 Å². The first-order chi connectivity index (χ1) is 12.6. The van der Waals surface area contributed by atoms with E-state index < -0.39 is 0 Å². The van der Waals surface area contributed by atoms with Crippen molar-refractivity contribution < 1.29 is 9.53 Å². The SMILES string of the molecule is Cn1cc(CN2CC[C@@]3(C[C@@H](NC(=O)c4ccccc4)CCO3)C2)cn1. The van der Waals surface area contributed by atoms with Gasteiger partial charge in [0.2, 0.25) is 0 Å². The summed E-state index contributed by atoms with van der Waals surface area (Å²) in [5.74, 6) is 0.0119. The first kappa shape index (κ1) is 17.2. The molecule has 26 heavy (non-hydrogen) atoms. The summed E-state index contributed by atoms with van der Waals surface area (Å²) in [7, 11) is 1.94. The average Bonchev–Trinajstić information content (AvgIpc) is 3.22. The van der Waals surface area contributed by atoms with Gasteiger partial charge in [0.1, 0.15) is 0 Å². The lowest BCUT2D eigenvalue weighted by atomic mass is 9.89. The van der Waals surface area contributed by atoms with E-state index >= 15 is 0 Å². The lowest BCUT2D eigenvalue weighted by Gasteiger charge is -2.38. The summed E-state index contributed by atoms with van der Waals surface area (Å²) in [5, 5.41) is 7.45. The van der Waals surface area contributed by atoms with Crippen molar-refractivity contribution in [3.63, 3.8) is 0 Å². The van der Waals surface area contributed by atoms with E-state index in [1.807, 2.05) is 48.3 Å². The molecule has 1 N–H and O–H groups in total. The minimum atomic E-state index is -0.130. The van der Waals surface area contributed by atoms with Gasteiger partial charge >= 0.3 is 0 Å². The minimum absolute atomic E-state index is 0.0119. The lowest BCUT2D eigenvalue weighted by molar-refractivity contribution is -0.0793. The molecule has 2 saturated heterocycles. The third-order valence-electron chi connectivity index (χ3n) is 5.42. The van der Waals surface area contributed by atoms with Crippen molar-refractivity contribution in [2.45, 2.75) is 37.5 Å². The molecule has 138 valence electrons. The molecule has 0 unspecified atom stereocenters. The number of likely N-dealkylation sites (tertiary alicyclic amines) is 1. The molecule has 2 aliphatic rings. The number of nitrogens with zero attached hydrogens (tertiary/aromatic N) is 3. The Morgan fingerprint density at radius 1 is 1.38 bits per heavy atom. The Morgan fingerprint density at radius 2 is 2.23 bits per heavy atom. The maximum absolute atomic E-state index is 12.5. The third kappa shape index (κ3) is 3.81. The van der Waals surface area contributed by atoms with Crippen molar-refractivity contribution in [3.05, 3.63) is 53.9 Å². The number of amides is 1. The topological polar surface area (TPSA) is 59.4 Å². The van der Waals surface area contributed by atoms with Crippen molar-refractivity contribution >= 4 is 5.91 Å². The van der Waals surface area contributed by atoms with Gasteiger partial charge in [-0.3, -0.25) is 14.4 Å². The second-order valence-corrected chi connectivity index (χ2v) is 7.54. The molecule has 2 aromatic rings. The zero-order chi connectivity index (χ0) is 18.0. The van der Waals surface area contributed by atoms with Crippen LogP contribution in [0.3, 0.4) is 0 Å². The summed E-state index contributed by atoms with van der Waals surface area (Å²) < 4.78 is 8.04. The predicted molar refractivity (Wildman–Crippen MR) is 98.7 cm³/mol. The van der Waals surface area contributed by atoms with Gasteiger partial charge in [-0.15, -0.1) is 0 Å².